The zero-order valence-corrected chi connectivity index (χ0v) is 17.5. The number of rotatable bonds is 6. The number of methoxy groups -OCH3 is 2. The van der Waals surface area contributed by atoms with Crippen molar-refractivity contribution < 1.29 is 9.47 Å². The molecule has 0 bridgehead atoms. The van der Waals surface area contributed by atoms with E-state index in [2.05, 4.69) is 21.7 Å². The Bertz CT molecular complexity index is 705. The van der Waals surface area contributed by atoms with Crippen LogP contribution in [0.1, 0.15) is 16.7 Å². The van der Waals surface area contributed by atoms with Gasteiger partial charge < -0.3 is 20.1 Å². The third-order valence-corrected chi connectivity index (χ3v) is 3.78. The standard InChI is InChI=1S/C19H25N3O2.HI/c1-14-11-15(9-10-17(14)23-3)12-21-19(20-2)22-13-16-7-5-6-8-18(16)24-4;/h5-11H,12-13H2,1-4H3,(H2,20,21,22);1H. The molecule has 2 rings (SSSR count). The van der Waals surface area contributed by atoms with Crippen molar-refractivity contribution in [3.05, 3.63) is 59.2 Å². The third kappa shape index (κ3) is 6.12. The second-order valence-corrected chi connectivity index (χ2v) is 5.40. The van der Waals surface area contributed by atoms with Gasteiger partial charge in [0.1, 0.15) is 11.5 Å². The van der Waals surface area contributed by atoms with Gasteiger partial charge in [-0.25, -0.2) is 0 Å². The summed E-state index contributed by atoms with van der Waals surface area (Å²) < 4.78 is 10.7. The van der Waals surface area contributed by atoms with Crippen LogP contribution in [-0.2, 0) is 13.1 Å². The van der Waals surface area contributed by atoms with Gasteiger partial charge in [0.2, 0.25) is 0 Å². The highest BCUT2D eigenvalue weighted by atomic mass is 127. The van der Waals surface area contributed by atoms with Gasteiger partial charge in [-0.1, -0.05) is 30.3 Å². The molecule has 0 aliphatic rings. The molecule has 0 saturated carbocycles. The van der Waals surface area contributed by atoms with Gasteiger partial charge in [0.25, 0.3) is 0 Å². The van der Waals surface area contributed by atoms with Crippen LogP contribution in [0.25, 0.3) is 0 Å². The summed E-state index contributed by atoms with van der Waals surface area (Å²) in [5.41, 5.74) is 3.38. The molecule has 0 radical (unpaired) electrons. The summed E-state index contributed by atoms with van der Waals surface area (Å²) >= 11 is 0. The van der Waals surface area contributed by atoms with E-state index in [4.69, 9.17) is 9.47 Å². The molecular formula is C19H26IN3O2. The van der Waals surface area contributed by atoms with Crippen LogP contribution < -0.4 is 20.1 Å². The third-order valence-electron chi connectivity index (χ3n) is 3.78. The molecule has 2 aromatic rings. The zero-order valence-electron chi connectivity index (χ0n) is 15.1. The number of hydrogen-bond acceptors (Lipinski definition) is 3. The maximum atomic E-state index is 5.36. The number of para-hydroxylation sites is 1. The lowest BCUT2D eigenvalue weighted by molar-refractivity contribution is 0.409. The zero-order chi connectivity index (χ0) is 17.4. The van der Waals surface area contributed by atoms with E-state index in [0.29, 0.717) is 13.1 Å². The lowest BCUT2D eigenvalue weighted by atomic mass is 10.1. The largest absolute Gasteiger partial charge is 0.496 e. The van der Waals surface area contributed by atoms with Crippen molar-refractivity contribution in [1.29, 1.82) is 0 Å². The smallest absolute Gasteiger partial charge is 0.191 e. The summed E-state index contributed by atoms with van der Waals surface area (Å²) in [4.78, 5) is 4.26. The summed E-state index contributed by atoms with van der Waals surface area (Å²) in [5.74, 6) is 2.51. The number of aliphatic imine (C=N–C) groups is 1. The Morgan fingerprint density at radius 3 is 2.28 bits per heavy atom. The van der Waals surface area contributed by atoms with Gasteiger partial charge in [0.05, 0.1) is 14.2 Å². The molecule has 25 heavy (non-hydrogen) atoms. The van der Waals surface area contributed by atoms with Crippen LogP contribution >= 0.6 is 24.0 Å². The first kappa shape index (κ1) is 21.1. The highest BCUT2D eigenvalue weighted by Gasteiger charge is 2.04. The number of benzene rings is 2. The Morgan fingerprint density at radius 2 is 1.64 bits per heavy atom. The Hall–Kier alpha value is -1.96. The summed E-state index contributed by atoms with van der Waals surface area (Å²) in [6.07, 6.45) is 0. The molecule has 5 nitrogen and oxygen atoms in total. The van der Waals surface area contributed by atoms with Crippen LogP contribution in [0.15, 0.2) is 47.5 Å². The minimum Gasteiger partial charge on any atom is -0.496 e. The average molecular weight is 455 g/mol. The molecule has 2 aromatic carbocycles. The number of nitrogens with one attached hydrogen (secondary N) is 2. The van der Waals surface area contributed by atoms with Gasteiger partial charge in [-0.15, -0.1) is 24.0 Å². The van der Waals surface area contributed by atoms with Crippen molar-refractivity contribution in [2.45, 2.75) is 20.0 Å². The van der Waals surface area contributed by atoms with E-state index in [1.807, 2.05) is 43.3 Å². The second-order valence-electron chi connectivity index (χ2n) is 5.40. The van der Waals surface area contributed by atoms with Crippen molar-refractivity contribution in [2.24, 2.45) is 4.99 Å². The van der Waals surface area contributed by atoms with Gasteiger partial charge in [0, 0.05) is 25.7 Å². The maximum Gasteiger partial charge on any atom is 0.191 e. The van der Waals surface area contributed by atoms with E-state index in [1.54, 1.807) is 21.3 Å². The molecule has 0 atom stereocenters. The normalized spacial score (nSPS) is 10.6. The lowest BCUT2D eigenvalue weighted by Crippen LogP contribution is -2.36. The quantitative estimate of drug-likeness (QED) is 0.398. The average Bonchev–Trinajstić information content (AvgIpc) is 2.62. The van der Waals surface area contributed by atoms with E-state index < -0.39 is 0 Å². The molecule has 0 unspecified atom stereocenters. The lowest BCUT2D eigenvalue weighted by Gasteiger charge is -2.14. The molecular weight excluding hydrogens is 429 g/mol. The van der Waals surface area contributed by atoms with E-state index >= 15 is 0 Å². The summed E-state index contributed by atoms with van der Waals surface area (Å²) in [5, 5.41) is 6.62. The minimum atomic E-state index is 0. The van der Waals surface area contributed by atoms with E-state index in [1.165, 1.54) is 5.56 Å². The monoisotopic (exact) mass is 455 g/mol. The number of hydrogen-bond donors (Lipinski definition) is 2. The Kier molecular flexibility index (Phi) is 9.12. The van der Waals surface area contributed by atoms with E-state index in [9.17, 15) is 0 Å². The maximum absolute atomic E-state index is 5.36. The second kappa shape index (κ2) is 10.8. The van der Waals surface area contributed by atoms with Crippen molar-refractivity contribution in [1.82, 2.24) is 10.6 Å². The number of halogens is 1. The molecule has 6 heteroatoms. The van der Waals surface area contributed by atoms with E-state index in [0.717, 1.165) is 28.6 Å². The first-order valence-corrected chi connectivity index (χ1v) is 7.88. The number of nitrogens with zero attached hydrogens (tertiary/aromatic N) is 1. The molecule has 0 amide bonds. The highest BCUT2D eigenvalue weighted by molar-refractivity contribution is 14.0. The predicted octanol–water partition coefficient (Wildman–Crippen LogP) is 3.50. The SMILES string of the molecule is CN=C(NCc1ccc(OC)c(C)c1)NCc1ccccc1OC.I. The Labute approximate surface area is 166 Å². The van der Waals surface area contributed by atoms with Crippen LogP contribution in [0.3, 0.4) is 0 Å². The molecule has 0 fully saturated rings. The van der Waals surface area contributed by atoms with Gasteiger partial charge in [-0.3, -0.25) is 4.99 Å². The summed E-state index contributed by atoms with van der Waals surface area (Å²) in [6.45, 7) is 3.37. The van der Waals surface area contributed by atoms with Crippen LogP contribution in [-0.4, -0.2) is 27.2 Å². The van der Waals surface area contributed by atoms with E-state index in [-0.39, 0.29) is 24.0 Å². The van der Waals surface area contributed by atoms with Crippen LogP contribution in [0.4, 0.5) is 0 Å². The molecule has 2 N–H and O–H groups in total. The van der Waals surface area contributed by atoms with Crippen LogP contribution in [0.5, 0.6) is 11.5 Å². The number of ether oxygens (including phenoxy) is 2. The van der Waals surface area contributed by atoms with Gasteiger partial charge in [0.15, 0.2) is 5.96 Å². The molecule has 136 valence electrons. The molecule has 0 aliphatic carbocycles. The van der Waals surface area contributed by atoms with Gasteiger partial charge in [-0.2, -0.15) is 0 Å². The highest BCUT2D eigenvalue weighted by Crippen LogP contribution is 2.18. The predicted molar refractivity (Wildman–Crippen MR) is 113 cm³/mol. The fourth-order valence-electron chi connectivity index (χ4n) is 2.48. The molecule has 0 saturated heterocycles. The van der Waals surface area contributed by atoms with Crippen molar-refractivity contribution in [3.8, 4) is 11.5 Å². The number of guanidine groups is 1. The van der Waals surface area contributed by atoms with Crippen LogP contribution in [0.2, 0.25) is 0 Å². The fraction of sp³-hybridized carbons (Fsp3) is 0.316. The first-order valence-electron chi connectivity index (χ1n) is 7.88. The van der Waals surface area contributed by atoms with Crippen molar-refractivity contribution in [3.63, 3.8) is 0 Å². The number of aryl methyl sites for hydroxylation is 1. The molecule has 0 aliphatic heterocycles. The van der Waals surface area contributed by atoms with Crippen molar-refractivity contribution in [2.75, 3.05) is 21.3 Å². The topological polar surface area (TPSA) is 54.9 Å². The molecule has 0 heterocycles. The Balaban J connectivity index is 0.00000312. The first-order chi connectivity index (χ1) is 11.7. The molecule has 0 aromatic heterocycles. The van der Waals surface area contributed by atoms with Crippen molar-refractivity contribution >= 4 is 29.9 Å². The summed E-state index contributed by atoms with van der Waals surface area (Å²) in [6, 6.07) is 14.1. The summed E-state index contributed by atoms with van der Waals surface area (Å²) in [7, 11) is 5.12. The van der Waals surface area contributed by atoms with Gasteiger partial charge in [-0.05, 0) is 30.2 Å². The Morgan fingerprint density at radius 1 is 0.960 bits per heavy atom. The molecule has 0 spiro atoms. The minimum absolute atomic E-state index is 0. The van der Waals surface area contributed by atoms with Crippen LogP contribution in [0, 0.1) is 6.92 Å². The fourth-order valence-corrected chi connectivity index (χ4v) is 2.48. The van der Waals surface area contributed by atoms with Gasteiger partial charge >= 0.3 is 0 Å².